The maximum absolute atomic E-state index is 5.94. The standard InChI is InChI=1S/C12H17BrClN/c1-3-5-9(4-2)15-10-6-7-12(14)11(13)8-10/h6-9,15H,3-5H2,1-2H3. The van der Waals surface area contributed by atoms with E-state index >= 15 is 0 Å². The van der Waals surface area contributed by atoms with Gasteiger partial charge in [0, 0.05) is 16.2 Å². The summed E-state index contributed by atoms with van der Waals surface area (Å²) in [6, 6.07) is 6.52. The molecule has 1 aromatic carbocycles. The van der Waals surface area contributed by atoms with Crippen molar-refractivity contribution in [1.29, 1.82) is 0 Å². The van der Waals surface area contributed by atoms with Gasteiger partial charge in [-0.05, 0) is 47.0 Å². The third-order valence-corrected chi connectivity index (χ3v) is 3.63. The average molecular weight is 291 g/mol. The minimum Gasteiger partial charge on any atom is -0.382 e. The zero-order valence-electron chi connectivity index (χ0n) is 9.19. The molecule has 1 atom stereocenters. The van der Waals surface area contributed by atoms with Gasteiger partial charge in [-0.15, -0.1) is 0 Å². The number of hydrogen-bond acceptors (Lipinski definition) is 1. The molecule has 15 heavy (non-hydrogen) atoms. The minimum absolute atomic E-state index is 0.558. The van der Waals surface area contributed by atoms with Gasteiger partial charge < -0.3 is 5.32 Å². The Labute approximate surface area is 105 Å². The van der Waals surface area contributed by atoms with E-state index in [0.29, 0.717) is 6.04 Å². The molecule has 1 nitrogen and oxygen atoms in total. The Kier molecular flexibility index (Phi) is 5.48. The number of halogens is 2. The molecule has 0 amide bonds. The van der Waals surface area contributed by atoms with Crippen molar-refractivity contribution < 1.29 is 0 Å². The van der Waals surface area contributed by atoms with E-state index in [1.54, 1.807) is 0 Å². The zero-order valence-corrected chi connectivity index (χ0v) is 11.5. The van der Waals surface area contributed by atoms with E-state index in [0.717, 1.165) is 21.6 Å². The van der Waals surface area contributed by atoms with Crippen molar-refractivity contribution >= 4 is 33.2 Å². The molecule has 1 N–H and O–H groups in total. The summed E-state index contributed by atoms with van der Waals surface area (Å²) in [6.07, 6.45) is 3.56. The summed E-state index contributed by atoms with van der Waals surface area (Å²) in [5.41, 5.74) is 1.13. The lowest BCUT2D eigenvalue weighted by atomic mass is 10.1. The van der Waals surface area contributed by atoms with E-state index in [9.17, 15) is 0 Å². The maximum Gasteiger partial charge on any atom is 0.0549 e. The second-order valence-corrected chi connectivity index (χ2v) is 4.93. The van der Waals surface area contributed by atoms with Gasteiger partial charge in [0.1, 0.15) is 0 Å². The van der Waals surface area contributed by atoms with Crippen molar-refractivity contribution in [1.82, 2.24) is 0 Å². The first-order valence-corrected chi connectivity index (χ1v) is 6.56. The van der Waals surface area contributed by atoms with E-state index in [1.807, 2.05) is 18.2 Å². The first kappa shape index (κ1) is 12.9. The fraction of sp³-hybridized carbons (Fsp3) is 0.500. The van der Waals surface area contributed by atoms with Crippen LogP contribution >= 0.6 is 27.5 Å². The van der Waals surface area contributed by atoms with Gasteiger partial charge in [0.05, 0.1) is 5.02 Å². The molecule has 3 heteroatoms. The Bertz CT molecular complexity index is 314. The van der Waals surface area contributed by atoms with Gasteiger partial charge >= 0.3 is 0 Å². The Hall–Kier alpha value is -0.210. The lowest BCUT2D eigenvalue weighted by molar-refractivity contribution is 0.623. The van der Waals surface area contributed by atoms with Crippen LogP contribution < -0.4 is 5.32 Å². The highest BCUT2D eigenvalue weighted by atomic mass is 79.9. The Balaban J connectivity index is 2.66. The SMILES string of the molecule is CCCC(CC)Nc1ccc(Cl)c(Br)c1. The predicted octanol–water partition coefficient (Wildman–Crippen LogP) is 5.09. The molecule has 0 spiro atoms. The Morgan fingerprint density at radius 2 is 2.13 bits per heavy atom. The van der Waals surface area contributed by atoms with Crippen LogP contribution in [-0.2, 0) is 0 Å². The van der Waals surface area contributed by atoms with Crippen molar-refractivity contribution in [2.45, 2.75) is 39.2 Å². The molecule has 0 saturated heterocycles. The van der Waals surface area contributed by atoms with E-state index in [-0.39, 0.29) is 0 Å². The van der Waals surface area contributed by atoms with Gasteiger partial charge in [-0.25, -0.2) is 0 Å². The number of nitrogens with one attached hydrogen (secondary N) is 1. The summed E-state index contributed by atoms with van der Waals surface area (Å²) in [4.78, 5) is 0. The van der Waals surface area contributed by atoms with E-state index in [2.05, 4.69) is 35.1 Å². The molecular formula is C12H17BrClN. The molecule has 0 aliphatic carbocycles. The van der Waals surface area contributed by atoms with Crippen molar-refractivity contribution in [2.75, 3.05) is 5.32 Å². The highest BCUT2D eigenvalue weighted by molar-refractivity contribution is 9.10. The van der Waals surface area contributed by atoms with Crippen LogP contribution in [0.5, 0.6) is 0 Å². The second-order valence-electron chi connectivity index (χ2n) is 3.67. The Morgan fingerprint density at radius 1 is 1.40 bits per heavy atom. The summed E-state index contributed by atoms with van der Waals surface area (Å²) in [5, 5.41) is 4.26. The molecule has 0 aromatic heterocycles. The van der Waals surface area contributed by atoms with Crippen LogP contribution in [0.3, 0.4) is 0 Å². The third kappa shape index (κ3) is 4.04. The molecule has 1 rings (SSSR count). The highest BCUT2D eigenvalue weighted by Gasteiger charge is 2.05. The number of rotatable bonds is 5. The van der Waals surface area contributed by atoms with Gasteiger partial charge in [0.25, 0.3) is 0 Å². The summed E-state index contributed by atoms with van der Waals surface area (Å²) >= 11 is 9.36. The second kappa shape index (κ2) is 6.39. The smallest absolute Gasteiger partial charge is 0.0549 e. The Morgan fingerprint density at radius 3 is 2.67 bits per heavy atom. The van der Waals surface area contributed by atoms with Crippen LogP contribution in [0.4, 0.5) is 5.69 Å². The first-order valence-electron chi connectivity index (χ1n) is 5.39. The summed E-state index contributed by atoms with van der Waals surface area (Å²) < 4.78 is 0.945. The van der Waals surface area contributed by atoms with Gasteiger partial charge in [0.2, 0.25) is 0 Å². The molecule has 0 bridgehead atoms. The van der Waals surface area contributed by atoms with Crippen molar-refractivity contribution in [2.24, 2.45) is 0 Å². The van der Waals surface area contributed by atoms with Gasteiger partial charge in [-0.2, -0.15) is 0 Å². The fourth-order valence-electron chi connectivity index (χ4n) is 1.55. The maximum atomic E-state index is 5.94. The topological polar surface area (TPSA) is 12.0 Å². The van der Waals surface area contributed by atoms with Crippen molar-refractivity contribution in [3.63, 3.8) is 0 Å². The largest absolute Gasteiger partial charge is 0.382 e. The van der Waals surface area contributed by atoms with Gasteiger partial charge in [0.15, 0.2) is 0 Å². The summed E-state index contributed by atoms with van der Waals surface area (Å²) in [6.45, 7) is 4.42. The van der Waals surface area contributed by atoms with Crippen LogP contribution in [-0.4, -0.2) is 6.04 Å². The summed E-state index contributed by atoms with van der Waals surface area (Å²) in [7, 11) is 0. The van der Waals surface area contributed by atoms with Crippen molar-refractivity contribution in [3.8, 4) is 0 Å². The first-order chi connectivity index (χ1) is 7.17. The molecule has 0 heterocycles. The molecule has 0 saturated carbocycles. The van der Waals surface area contributed by atoms with Crippen LogP contribution in [0.25, 0.3) is 0 Å². The lowest BCUT2D eigenvalue weighted by Crippen LogP contribution is -2.17. The molecule has 0 fully saturated rings. The third-order valence-electron chi connectivity index (χ3n) is 2.42. The van der Waals surface area contributed by atoms with E-state index < -0.39 is 0 Å². The molecule has 1 unspecified atom stereocenters. The lowest BCUT2D eigenvalue weighted by Gasteiger charge is -2.17. The quantitative estimate of drug-likeness (QED) is 0.796. The molecule has 84 valence electrons. The predicted molar refractivity (Wildman–Crippen MR) is 71.8 cm³/mol. The van der Waals surface area contributed by atoms with Crippen molar-refractivity contribution in [3.05, 3.63) is 27.7 Å². The molecular weight excluding hydrogens is 273 g/mol. The van der Waals surface area contributed by atoms with Crippen LogP contribution in [0.1, 0.15) is 33.1 Å². The number of anilines is 1. The summed E-state index contributed by atoms with van der Waals surface area (Å²) in [5.74, 6) is 0. The number of hydrogen-bond donors (Lipinski definition) is 1. The van der Waals surface area contributed by atoms with Crippen LogP contribution in [0.2, 0.25) is 5.02 Å². The average Bonchev–Trinajstić information content (AvgIpc) is 2.23. The molecule has 0 aliphatic rings. The van der Waals surface area contributed by atoms with Gasteiger partial charge in [-0.3, -0.25) is 0 Å². The molecule has 1 aromatic rings. The number of benzene rings is 1. The van der Waals surface area contributed by atoms with Gasteiger partial charge in [-0.1, -0.05) is 31.9 Å². The van der Waals surface area contributed by atoms with E-state index in [4.69, 9.17) is 11.6 Å². The highest BCUT2D eigenvalue weighted by Crippen LogP contribution is 2.26. The molecule has 0 aliphatic heterocycles. The van der Waals surface area contributed by atoms with E-state index in [1.165, 1.54) is 12.8 Å². The monoisotopic (exact) mass is 289 g/mol. The zero-order chi connectivity index (χ0) is 11.3. The van der Waals surface area contributed by atoms with Crippen LogP contribution in [0, 0.1) is 0 Å². The normalized spacial score (nSPS) is 12.5. The molecule has 0 radical (unpaired) electrons. The minimum atomic E-state index is 0.558. The fourth-order valence-corrected chi connectivity index (χ4v) is 2.04. The van der Waals surface area contributed by atoms with Crippen LogP contribution in [0.15, 0.2) is 22.7 Å².